The summed E-state index contributed by atoms with van der Waals surface area (Å²) in [6, 6.07) is 2.86. The van der Waals surface area contributed by atoms with Crippen molar-refractivity contribution >= 4 is 11.4 Å². The molecular formula is C14H19FN4O. The van der Waals surface area contributed by atoms with Crippen LogP contribution in [-0.2, 0) is 13.6 Å². The predicted octanol–water partition coefficient (Wildman–Crippen LogP) is 2.54. The van der Waals surface area contributed by atoms with Crippen molar-refractivity contribution in [3.63, 3.8) is 0 Å². The van der Waals surface area contributed by atoms with E-state index in [2.05, 4.69) is 10.3 Å². The van der Waals surface area contributed by atoms with Crippen LogP contribution in [0.2, 0.25) is 0 Å². The number of nitrogen functional groups attached to an aromatic ring is 1. The Balaban J connectivity index is 2.12. The first kappa shape index (κ1) is 14.2. The summed E-state index contributed by atoms with van der Waals surface area (Å²) in [5.41, 5.74) is 6.80. The van der Waals surface area contributed by atoms with Crippen LogP contribution in [0.1, 0.15) is 19.2 Å². The summed E-state index contributed by atoms with van der Waals surface area (Å²) in [7, 11) is 1.91. The molecule has 1 heterocycles. The average molecular weight is 278 g/mol. The number of aromatic nitrogens is 2. The summed E-state index contributed by atoms with van der Waals surface area (Å²) in [6.07, 6.45) is 4.40. The smallest absolute Gasteiger partial charge is 0.167 e. The van der Waals surface area contributed by atoms with Crippen LogP contribution in [0.3, 0.4) is 0 Å². The van der Waals surface area contributed by atoms with E-state index >= 15 is 0 Å². The maximum absolute atomic E-state index is 13.7. The highest BCUT2D eigenvalue weighted by Gasteiger charge is 2.09. The molecule has 0 bridgehead atoms. The summed E-state index contributed by atoms with van der Waals surface area (Å²) >= 11 is 0. The molecule has 0 aliphatic heterocycles. The molecule has 0 fully saturated rings. The Kier molecular flexibility index (Phi) is 4.45. The Morgan fingerprint density at radius 2 is 2.25 bits per heavy atom. The fraction of sp³-hybridized carbons (Fsp3) is 0.357. The topological polar surface area (TPSA) is 65.1 Å². The number of nitrogens with two attached hydrogens (primary N) is 1. The molecule has 0 saturated heterocycles. The number of anilines is 2. The third kappa shape index (κ3) is 3.20. The molecule has 0 amide bonds. The van der Waals surface area contributed by atoms with Crippen molar-refractivity contribution in [2.75, 3.05) is 17.7 Å². The average Bonchev–Trinajstić information content (AvgIpc) is 2.82. The van der Waals surface area contributed by atoms with Gasteiger partial charge in [0.1, 0.15) is 5.82 Å². The Labute approximate surface area is 117 Å². The SMILES string of the molecule is CCCOc1cc(NCc2nccn2C)c(N)cc1F. The molecule has 2 rings (SSSR count). The quantitative estimate of drug-likeness (QED) is 0.797. The maximum atomic E-state index is 13.7. The van der Waals surface area contributed by atoms with Crippen LogP contribution < -0.4 is 15.8 Å². The first-order chi connectivity index (χ1) is 9.61. The molecule has 108 valence electrons. The highest BCUT2D eigenvalue weighted by atomic mass is 19.1. The van der Waals surface area contributed by atoms with E-state index in [-0.39, 0.29) is 5.75 Å². The molecule has 0 radical (unpaired) electrons. The zero-order valence-electron chi connectivity index (χ0n) is 11.7. The number of nitrogens with one attached hydrogen (secondary N) is 1. The second-order valence-corrected chi connectivity index (χ2v) is 4.53. The van der Waals surface area contributed by atoms with Gasteiger partial charge >= 0.3 is 0 Å². The standard InChI is InChI=1S/C14H19FN4O/c1-3-6-20-13-8-12(11(16)7-10(13)15)18-9-14-17-4-5-19(14)2/h4-5,7-8,18H,3,6,9,16H2,1-2H3. The summed E-state index contributed by atoms with van der Waals surface area (Å²) < 4.78 is 20.9. The van der Waals surface area contributed by atoms with Gasteiger partial charge in [-0.3, -0.25) is 0 Å². The summed E-state index contributed by atoms with van der Waals surface area (Å²) in [4.78, 5) is 4.20. The molecule has 6 heteroatoms. The van der Waals surface area contributed by atoms with Gasteiger partial charge in [-0.25, -0.2) is 9.37 Å². The lowest BCUT2D eigenvalue weighted by molar-refractivity contribution is 0.301. The van der Waals surface area contributed by atoms with Gasteiger partial charge in [-0.1, -0.05) is 6.92 Å². The van der Waals surface area contributed by atoms with Crippen molar-refractivity contribution in [1.29, 1.82) is 0 Å². The number of hydrogen-bond acceptors (Lipinski definition) is 4. The minimum Gasteiger partial charge on any atom is -0.490 e. The van der Waals surface area contributed by atoms with Crippen LogP contribution in [0, 0.1) is 5.82 Å². The molecular weight excluding hydrogens is 259 g/mol. The van der Waals surface area contributed by atoms with Crippen molar-refractivity contribution in [2.24, 2.45) is 7.05 Å². The third-order valence-corrected chi connectivity index (χ3v) is 2.92. The molecule has 0 atom stereocenters. The summed E-state index contributed by atoms with van der Waals surface area (Å²) in [5.74, 6) is 0.631. The van der Waals surface area contributed by atoms with Crippen molar-refractivity contribution in [3.8, 4) is 5.75 Å². The molecule has 0 aliphatic rings. The number of aryl methyl sites for hydroxylation is 1. The van der Waals surface area contributed by atoms with Gasteiger partial charge in [0.25, 0.3) is 0 Å². The van der Waals surface area contributed by atoms with E-state index in [1.165, 1.54) is 6.07 Å². The lowest BCUT2D eigenvalue weighted by atomic mass is 10.2. The van der Waals surface area contributed by atoms with Crippen molar-refractivity contribution in [3.05, 3.63) is 36.2 Å². The highest BCUT2D eigenvalue weighted by Crippen LogP contribution is 2.28. The van der Waals surface area contributed by atoms with Gasteiger partial charge in [-0.2, -0.15) is 0 Å². The number of rotatable bonds is 6. The van der Waals surface area contributed by atoms with E-state index in [1.54, 1.807) is 12.3 Å². The maximum Gasteiger partial charge on any atom is 0.167 e. The number of halogens is 1. The van der Waals surface area contributed by atoms with Crippen LogP contribution in [0.5, 0.6) is 5.75 Å². The highest BCUT2D eigenvalue weighted by molar-refractivity contribution is 5.68. The van der Waals surface area contributed by atoms with Crippen LogP contribution in [0.25, 0.3) is 0 Å². The first-order valence-electron chi connectivity index (χ1n) is 6.53. The Morgan fingerprint density at radius 3 is 2.90 bits per heavy atom. The zero-order valence-corrected chi connectivity index (χ0v) is 11.7. The molecule has 5 nitrogen and oxygen atoms in total. The fourth-order valence-corrected chi connectivity index (χ4v) is 1.79. The van der Waals surface area contributed by atoms with Gasteiger partial charge < -0.3 is 20.4 Å². The molecule has 1 aromatic heterocycles. The van der Waals surface area contributed by atoms with E-state index in [0.717, 1.165) is 12.2 Å². The van der Waals surface area contributed by atoms with Crippen molar-refractivity contribution in [1.82, 2.24) is 9.55 Å². The molecule has 20 heavy (non-hydrogen) atoms. The van der Waals surface area contributed by atoms with E-state index in [4.69, 9.17) is 10.5 Å². The van der Waals surface area contributed by atoms with Gasteiger partial charge in [-0.15, -0.1) is 0 Å². The summed E-state index contributed by atoms with van der Waals surface area (Å²) in [5, 5.41) is 3.15. The number of nitrogens with zero attached hydrogens (tertiary/aromatic N) is 2. The summed E-state index contributed by atoms with van der Waals surface area (Å²) in [6.45, 7) is 2.95. The van der Waals surface area contributed by atoms with Gasteiger partial charge in [0, 0.05) is 31.6 Å². The zero-order chi connectivity index (χ0) is 14.5. The molecule has 0 spiro atoms. The minimum atomic E-state index is -0.446. The predicted molar refractivity (Wildman–Crippen MR) is 77.1 cm³/mol. The number of hydrogen-bond donors (Lipinski definition) is 2. The largest absolute Gasteiger partial charge is 0.490 e. The Hall–Kier alpha value is -2.24. The van der Waals surface area contributed by atoms with Gasteiger partial charge in [0.05, 0.1) is 24.5 Å². The molecule has 0 aliphatic carbocycles. The lowest BCUT2D eigenvalue weighted by Crippen LogP contribution is -2.08. The van der Waals surface area contributed by atoms with E-state index in [0.29, 0.717) is 24.5 Å². The normalized spacial score (nSPS) is 10.6. The Bertz CT molecular complexity index is 583. The van der Waals surface area contributed by atoms with Gasteiger partial charge in [-0.05, 0) is 6.42 Å². The molecule has 0 unspecified atom stereocenters. The van der Waals surface area contributed by atoms with Crippen LogP contribution in [0.4, 0.5) is 15.8 Å². The minimum absolute atomic E-state index is 0.211. The first-order valence-corrected chi connectivity index (χ1v) is 6.53. The van der Waals surface area contributed by atoms with E-state index < -0.39 is 5.82 Å². The van der Waals surface area contributed by atoms with E-state index in [9.17, 15) is 4.39 Å². The fourth-order valence-electron chi connectivity index (χ4n) is 1.79. The van der Waals surface area contributed by atoms with Crippen LogP contribution in [-0.4, -0.2) is 16.2 Å². The molecule has 3 N–H and O–H groups in total. The number of imidazole rings is 1. The molecule has 0 saturated carbocycles. The van der Waals surface area contributed by atoms with Crippen molar-refractivity contribution in [2.45, 2.75) is 19.9 Å². The van der Waals surface area contributed by atoms with Crippen LogP contribution in [0.15, 0.2) is 24.5 Å². The third-order valence-electron chi connectivity index (χ3n) is 2.92. The second kappa shape index (κ2) is 6.27. The Morgan fingerprint density at radius 1 is 1.45 bits per heavy atom. The van der Waals surface area contributed by atoms with E-state index in [1.807, 2.05) is 24.7 Å². The van der Waals surface area contributed by atoms with Gasteiger partial charge in [0.2, 0.25) is 0 Å². The lowest BCUT2D eigenvalue weighted by Gasteiger charge is -2.13. The molecule has 1 aromatic carbocycles. The van der Waals surface area contributed by atoms with Crippen molar-refractivity contribution < 1.29 is 9.13 Å². The molecule has 2 aromatic rings. The second-order valence-electron chi connectivity index (χ2n) is 4.53. The van der Waals surface area contributed by atoms with Gasteiger partial charge in [0.15, 0.2) is 11.6 Å². The number of benzene rings is 1. The van der Waals surface area contributed by atoms with Crippen LogP contribution >= 0.6 is 0 Å². The monoisotopic (exact) mass is 278 g/mol. The number of ether oxygens (including phenoxy) is 1.